The van der Waals surface area contributed by atoms with Crippen LogP contribution in [-0.4, -0.2) is 15.9 Å². The van der Waals surface area contributed by atoms with Crippen molar-refractivity contribution in [1.29, 1.82) is 0 Å². The van der Waals surface area contributed by atoms with Crippen LogP contribution in [0.15, 0.2) is 41.3 Å². The molecule has 5 heteroatoms. The van der Waals surface area contributed by atoms with E-state index in [1.807, 2.05) is 6.92 Å². The molecule has 0 atom stereocenters. The number of aryl methyl sites for hydroxylation is 1. The third kappa shape index (κ3) is 2.88. The first kappa shape index (κ1) is 11.7. The number of nitrogens with one attached hydrogen (secondary N) is 1. The highest BCUT2D eigenvalue weighted by Gasteiger charge is 2.08. The van der Waals surface area contributed by atoms with E-state index in [9.17, 15) is 4.79 Å². The Bertz CT molecular complexity index is 557. The van der Waals surface area contributed by atoms with E-state index in [-0.39, 0.29) is 5.91 Å². The maximum Gasteiger partial charge on any atom is 0.255 e. The predicted molar refractivity (Wildman–Crippen MR) is 68.9 cm³/mol. The molecule has 0 radical (unpaired) electrons. The molecule has 0 aromatic carbocycles. The van der Waals surface area contributed by atoms with Gasteiger partial charge in [0.05, 0.1) is 5.69 Å². The monoisotopic (exact) mass is 291 g/mol. The summed E-state index contributed by atoms with van der Waals surface area (Å²) in [6, 6.07) is 6.95. The zero-order valence-electron chi connectivity index (χ0n) is 9.14. The van der Waals surface area contributed by atoms with Gasteiger partial charge in [-0.05, 0) is 47.1 Å². The number of rotatable bonds is 2. The van der Waals surface area contributed by atoms with Crippen molar-refractivity contribution >= 4 is 27.5 Å². The SMILES string of the molecule is Cc1cc(C(=O)Nc2cccnc2Br)ccn1. The Hall–Kier alpha value is -1.75. The molecule has 0 spiro atoms. The molecular formula is C12H10BrN3O. The van der Waals surface area contributed by atoms with Gasteiger partial charge in [0, 0.05) is 23.7 Å². The van der Waals surface area contributed by atoms with Crippen LogP contribution in [0.5, 0.6) is 0 Å². The van der Waals surface area contributed by atoms with Crippen molar-refractivity contribution in [3.05, 3.63) is 52.5 Å². The third-order valence-electron chi connectivity index (χ3n) is 2.17. The molecule has 0 bridgehead atoms. The van der Waals surface area contributed by atoms with Crippen molar-refractivity contribution in [3.8, 4) is 0 Å². The van der Waals surface area contributed by atoms with Crippen LogP contribution in [-0.2, 0) is 0 Å². The molecule has 2 aromatic heterocycles. The Balaban J connectivity index is 2.20. The van der Waals surface area contributed by atoms with E-state index in [1.165, 1.54) is 0 Å². The van der Waals surface area contributed by atoms with Crippen LogP contribution in [0.3, 0.4) is 0 Å². The number of halogens is 1. The van der Waals surface area contributed by atoms with Gasteiger partial charge in [0.25, 0.3) is 5.91 Å². The average Bonchev–Trinajstić information content (AvgIpc) is 2.32. The minimum atomic E-state index is -0.177. The Morgan fingerprint density at radius 1 is 1.29 bits per heavy atom. The van der Waals surface area contributed by atoms with Gasteiger partial charge in [-0.25, -0.2) is 4.98 Å². The molecule has 0 saturated heterocycles. The highest BCUT2D eigenvalue weighted by atomic mass is 79.9. The van der Waals surface area contributed by atoms with Gasteiger partial charge < -0.3 is 5.32 Å². The lowest BCUT2D eigenvalue weighted by Crippen LogP contribution is -2.12. The molecule has 1 N–H and O–H groups in total. The molecule has 0 aliphatic carbocycles. The van der Waals surface area contributed by atoms with Crippen LogP contribution in [0.4, 0.5) is 5.69 Å². The zero-order valence-corrected chi connectivity index (χ0v) is 10.7. The number of anilines is 1. The fourth-order valence-corrected chi connectivity index (χ4v) is 1.71. The number of carbonyl (C=O) groups excluding carboxylic acids is 1. The van der Waals surface area contributed by atoms with Crippen LogP contribution < -0.4 is 5.32 Å². The lowest BCUT2D eigenvalue weighted by Gasteiger charge is -2.06. The van der Waals surface area contributed by atoms with E-state index in [2.05, 4.69) is 31.2 Å². The largest absolute Gasteiger partial charge is 0.320 e. The normalized spacial score (nSPS) is 10.0. The van der Waals surface area contributed by atoms with Crippen LogP contribution in [0.25, 0.3) is 0 Å². The molecule has 0 aliphatic heterocycles. The van der Waals surface area contributed by atoms with Gasteiger partial charge in [-0.1, -0.05) is 0 Å². The summed E-state index contributed by atoms with van der Waals surface area (Å²) in [5.41, 5.74) is 2.03. The summed E-state index contributed by atoms with van der Waals surface area (Å²) in [4.78, 5) is 20.0. The molecule has 0 saturated carbocycles. The lowest BCUT2D eigenvalue weighted by molar-refractivity contribution is 0.102. The smallest absolute Gasteiger partial charge is 0.255 e. The van der Waals surface area contributed by atoms with Crippen LogP contribution >= 0.6 is 15.9 Å². The Kier molecular flexibility index (Phi) is 3.49. The standard InChI is InChI=1S/C12H10BrN3O/c1-8-7-9(4-6-14-8)12(17)16-10-3-2-5-15-11(10)13/h2-7H,1H3,(H,16,17). The Morgan fingerprint density at radius 2 is 2.12 bits per heavy atom. The van der Waals surface area contributed by atoms with Crippen molar-refractivity contribution in [2.24, 2.45) is 0 Å². The predicted octanol–water partition coefficient (Wildman–Crippen LogP) is 2.80. The number of hydrogen-bond acceptors (Lipinski definition) is 3. The maximum absolute atomic E-state index is 11.9. The molecule has 86 valence electrons. The highest BCUT2D eigenvalue weighted by Crippen LogP contribution is 2.19. The van der Waals surface area contributed by atoms with Crippen LogP contribution in [0.2, 0.25) is 0 Å². The van der Waals surface area contributed by atoms with E-state index in [0.717, 1.165) is 5.69 Å². The molecular weight excluding hydrogens is 282 g/mol. The van der Waals surface area contributed by atoms with Crippen molar-refractivity contribution in [2.45, 2.75) is 6.92 Å². The summed E-state index contributed by atoms with van der Waals surface area (Å²) in [6.45, 7) is 1.84. The topological polar surface area (TPSA) is 54.9 Å². The zero-order chi connectivity index (χ0) is 12.3. The number of amides is 1. The van der Waals surface area contributed by atoms with E-state index in [0.29, 0.717) is 15.9 Å². The summed E-state index contributed by atoms with van der Waals surface area (Å²) in [7, 11) is 0. The molecule has 17 heavy (non-hydrogen) atoms. The number of carbonyl (C=O) groups is 1. The summed E-state index contributed by atoms with van der Waals surface area (Å²) < 4.78 is 0.610. The molecule has 0 unspecified atom stereocenters. The van der Waals surface area contributed by atoms with Gasteiger partial charge in [0.15, 0.2) is 0 Å². The van der Waals surface area contributed by atoms with Gasteiger partial charge >= 0.3 is 0 Å². The van der Waals surface area contributed by atoms with E-state index >= 15 is 0 Å². The van der Waals surface area contributed by atoms with Gasteiger partial charge in [-0.2, -0.15) is 0 Å². The Morgan fingerprint density at radius 3 is 2.82 bits per heavy atom. The lowest BCUT2D eigenvalue weighted by atomic mass is 10.2. The number of nitrogens with zero attached hydrogens (tertiary/aromatic N) is 2. The van der Waals surface area contributed by atoms with E-state index < -0.39 is 0 Å². The average molecular weight is 292 g/mol. The van der Waals surface area contributed by atoms with Crippen molar-refractivity contribution in [3.63, 3.8) is 0 Å². The first-order valence-electron chi connectivity index (χ1n) is 5.01. The van der Waals surface area contributed by atoms with Gasteiger partial charge in [-0.15, -0.1) is 0 Å². The molecule has 1 amide bonds. The molecule has 0 aliphatic rings. The molecule has 4 nitrogen and oxygen atoms in total. The first-order valence-corrected chi connectivity index (χ1v) is 5.80. The molecule has 0 fully saturated rings. The Labute approximate surface area is 107 Å². The van der Waals surface area contributed by atoms with Crippen LogP contribution in [0.1, 0.15) is 16.1 Å². The fourth-order valence-electron chi connectivity index (χ4n) is 1.36. The fraction of sp³-hybridized carbons (Fsp3) is 0.0833. The van der Waals surface area contributed by atoms with Gasteiger partial charge in [0.2, 0.25) is 0 Å². The van der Waals surface area contributed by atoms with Crippen LogP contribution in [0, 0.1) is 6.92 Å². The second-order valence-electron chi connectivity index (χ2n) is 3.48. The second-order valence-corrected chi connectivity index (χ2v) is 4.23. The minimum absolute atomic E-state index is 0.177. The van der Waals surface area contributed by atoms with Crippen molar-refractivity contribution < 1.29 is 4.79 Å². The summed E-state index contributed by atoms with van der Waals surface area (Å²) in [5, 5.41) is 2.78. The van der Waals surface area contributed by atoms with Crippen molar-refractivity contribution in [1.82, 2.24) is 9.97 Å². The summed E-state index contributed by atoms with van der Waals surface area (Å²) in [6.07, 6.45) is 3.26. The molecule has 2 heterocycles. The number of hydrogen-bond donors (Lipinski definition) is 1. The maximum atomic E-state index is 11.9. The molecule has 2 rings (SSSR count). The summed E-state index contributed by atoms with van der Waals surface area (Å²) in [5.74, 6) is -0.177. The second kappa shape index (κ2) is 5.05. The quantitative estimate of drug-likeness (QED) is 0.866. The highest BCUT2D eigenvalue weighted by molar-refractivity contribution is 9.10. The minimum Gasteiger partial charge on any atom is -0.320 e. The molecule has 2 aromatic rings. The first-order chi connectivity index (χ1) is 8.16. The number of aromatic nitrogens is 2. The summed E-state index contributed by atoms with van der Waals surface area (Å²) >= 11 is 3.27. The number of pyridine rings is 2. The van der Waals surface area contributed by atoms with E-state index in [1.54, 1.807) is 36.7 Å². The van der Waals surface area contributed by atoms with Gasteiger partial charge in [0.1, 0.15) is 4.60 Å². The van der Waals surface area contributed by atoms with E-state index in [4.69, 9.17) is 0 Å². The van der Waals surface area contributed by atoms with Crippen molar-refractivity contribution in [2.75, 3.05) is 5.32 Å². The van der Waals surface area contributed by atoms with Gasteiger partial charge in [-0.3, -0.25) is 9.78 Å². The third-order valence-corrected chi connectivity index (χ3v) is 2.80.